The van der Waals surface area contributed by atoms with Gasteiger partial charge in [0.15, 0.2) is 0 Å². The zero-order chi connectivity index (χ0) is 10.8. The normalized spacial score (nSPS) is 25.3. The number of rotatable bonds is 1. The minimum Gasteiger partial charge on any atom is -0.366 e. The third-order valence-corrected chi connectivity index (χ3v) is 3.40. The van der Waals surface area contributed by atoms with Crippen molar-refractivity contribution in [1.29, 1.82) is 5.26 Å². The summed E-state index contributed by atoms with van der Waals surface area (Å²) in [5.74, 6) is 0.126. The third kappa shape index (κ3) is 1.80. The summed E-state index contributed by atoms with van der Waals surface area (Å²) >= 11 is 6.14. The van der Waals surface area contributed by atoms with Crippen molar-refractivity contribution in [3.63, 3.8) is 0 Å². The molecule has 1 aliphatic rings. The molecule has 0 bridgehead atoms. The Bertz CT molecular complexity index is 397. The summed E-state index contributed by atoms with van der Waals surface area (Å²) in [5, 5.41) is 9.73. The maximum Gasteiger partial charge on any atom is 0.0681 e. The highest BCUT2D eigenvalue weighted by Gasteiger charge is 2.31. The molecule has 0 aromatic heterocycles. The molecule has 2 unspecified atom stereocenters. The fraction of sp³-hybridized carbons (Fsp3) is 0.417. The quantitative estimate of drug-likeness (QED) is 0.727. The maximum absolute atomic E-state index is 8.96. The minimum atomic E-state index is 0.126. The van der Waals surface area contributed by atoms with Crippen molar-refractivity contribution < 1.29 is 0 Å². The molecule has 0 amide bonds. The van der Waals surface area contributed by atoms with Crippen molar-refractivity contribution in [1.82, 2.24) is 0 Å². The second-order valence-electron chi connectivity index (χ2n) is 3.91. The Balaban J connectivity index is 2.27. The van der Waals surface area contributed by atoms with Gasteiger partial charge in [0.25, 0.3) is 0 Å². The number of halogens is 1. The number of para-hydroxylation sites is 1. The molecule has 0 radical (unpaired) electrons. The Kier molecular flexibility index (Phi) is 2.83. The first-order chi connectivity index (χ1) is 7.24. The number of hydrogen-bond donors (Lipinski definition) is 0. The summed E-state index contributed by atoms with van der Waals surface area (Å²) in [6, 6.07) is 10.4. The van der Waals surface area contributed by atoms with E-state index in [0.29, 0.717) is 0 Å². The zero-order valence-corrected chi connectivity index (χ0v) is 9.41. The number of benzene rings is 1. The smallest absolute Gasteiger partial charge is 0.0681 e. The van der Waals surface area contributed by atoms with E-state index < -0.39 is 0 Å². The molecule has 0 aliphatic carbocycles. The highest BCUT2D eigenvalue weighted by Crippen LogP contribution is 2.33. The van der Waals surface area contributed by atoms with Gasteiger partial charge in [-0.05, 0) is 25.5 Å². The van der Waals surface area contributed by atoms with Gasteiger partial charge in [-0.15, -0.1) is 0 Å². The van der Waals surface area contributed by atoms with E-state index >= 15 is 0 Å². The molecule has 1 fully saturated rings. The van der Waals surface area contributed by atoms with Crippen molar-refractivity contribution in [2.75, 3.05) is 11.4 Å². The monoisotopic (exact) mass is 220 g/mol. The Morgan fingerprint density at radius 3 is 2.80 bits per heavy atom. The van der Waals surface area contributed by atoms with Gasteiger partial charge in [0.2, 0.25) is 0 Å². The molecule has 1 aromatic carbocycles. The first-order valence-electron chi connectivity index (χ1n) is 5.15. The Morgan fingerprint density at radius 1 is 1.47 bits per heavy atom. The first-order valence-corrected chi connectivity index (χ1v) is 5.52. The molecule has 2 atom stereocenters. The lowest BCUT2D eigenvalue weighted by molar-refractivity contribution is 0.615. The Hall–Kier alpha value is -1.20. The molecule has 2 rings (SSSR count). The van der Waals surface area contributed by atoms with E-state index in [1.807, 2.05) is 24.3 Å². The van der Waals surface area contributed by atoms with Crippen LogP contribution in [0.25, 0.3) is 0 Å². The Morgan fingerprint density at radius 2 is 2.20 bits per heavy atom. The van der Waals surface area contributed by atoms with Gasteiger partial charge in [-0.1, -0.05) is 23.7 Å². The number of nitriles is 1. The van der Waals surface area contributed by atoms with Gasteiger partial charge in [0, 0.05) is 12.6 Å². The molecule has 0 spiro atoms. The Labute approximate surface area is 95.1 Å². The molecular weight excluding hydrogens is 208 g/mol. The van der Waals surface area contributed by atoms with E-state index in [1.54, 1.807) is 0 Å². The van der Waals surface area contributed by atoms with E-state index in [-0.39, 0.29) is 12.0 Å². The van der Waals surface area contributed by atoms with Crippen LogP contribution in [0.5, 0.6) is 0 Å². The van der Waals surface area contributed by atoms with Crippen LogP contribution < -0.4 is 4.90 Å². The van der Waals surface area contributed by atoms with Crippen molar-refractivity contribution in [3.8, 4) is 6.07 Å². The number of anilines is 1. The van der Waals surface area contributed by atoms with Gasteiger partial charge in [-0.3, -0.25) is 0 Å². The first kappa shape index (κ1) is 10.3. The summed E-state index contributed by atoms with van der Waals surface area (Å²) in [7, 11) is 0. The van der Waals surface area contributed by atoms with Gasteiger partial charge in [0.1, 0.15) is 0 Å². The molecule has 78 valence electrons. The molecule has 1 heterocycles. The largest absolute Gasteiger partial charge is 0.366 e. The third-order valence-electron chi connectivity index (χ3n) is 3.08. The SMILES string of the molecule is CC1C(C#N)CCN1c1ccccc1Cl. The average molecular weight is 221 g/mol. The van der Waals surface area contributed by atoms with Crippen LogP contribution in [0.3, 0.4) is 0 Å². The molecule has 1 saturated heterocycles. The van der Waals surface area contributed by atoms with Crippen LogP contribution in [-0.4, -0.2) is 12.6 Å². The fourth-order valence-electron chi connectivity index (χ4n) is 2.14. The number of nitrogens with zero attached hydrogens (tertiary/aromatic N) is 2. The summed E-state index contributed by atoms with van der Waals surface area (Å²) in [5.41, 5.74) is 1.05. The summed E-state index contributed by atoms with van der Waals surface area (Å²) in [6.45, 7) is 3.01. The highest BCUT2D eigenvalue weighted by molar-refractivity contribution is 6.33. The van der Waals surface area contributed by atoms with Crippen molar-refractivity contribution in [2.45, 2.75) is 19.4 Å². The zero-order valence-electron chi connectivity index (χ0n) is 8.65. The van der Waals surface area contributed by atoms with E-state index in [1.165, 1.54) is 0 Å². The lowest BCUT2D eigenvalue weighted by Gasteiger charge is -2.25. The summed E-state index contributed by atoms with van der Waals surface area (Å²) in [4.78, 5) is 2.22. The van der Waals surface area contributed by atoms with Crippen LogP contribution in [0.4, 0.5) is 5.69 Å². The molecule has 3 heteroatoms. The molecule has 0 N–H and O–H groups in total. The number of hydrogen-bond acceptors (Lipinski definition) is 2. The molecule has 1 aromatic rings. The standard InChI is InChI=1S/C12H13ClN2/c1-9-10(8-14)6-7-15(9)12-5-3-2-4-11(12)13/h2-5,9-10H,6-7H2,1H3. The van der Waals surface area contributed by atoms with E-state index in [9.17, 15) is 0 Å². The van der Waals surface area contributed by atoms with Gasteiger partial charge in [-0.2, -0.15) is 5.26 Å². The van der Waals surface area contributed by atoms with E-state index in [0.717, 1.165) is 23.7 Å². The predicted octanol–water partition coefficient (Wildman–Crippen LogP) is 3.08. The highest BCUT2D eigenvalue weighted by atomic mass is 35.5. The second kappa shape index (κ2) is 4.12. The van der Waals surface area contributed by atoms with Gasteiger partial charge in [0.05, 0.1) is 22.7 Å². The molecule has 0 saturated carbocycles. The van der Waals surface area contributed by atoms with Gasteiger partial charge >= 0.3 is 0 Å². The molecule has 1 aliphatic heterocycles. The van der Waals surface area contributed by atoms with Crippen LogP contribution >= 0.6 is 11.6 Å². The van der Waals surface area contributed by atoms with Crippen molar-refractivity contribution >= 4 is 17.3 Å². The summed E-state index contributed by atoms with van der Waals surface area (Å²) < 4.78 is 0. The van der Waals surface area contributed by atoms with Crippen LogP contribution in [-0.2, 0) is 0 Å². The molecule has 2 nitrogen and oxygen atoms in total. The minimum absolute atomic E-state index is 0.126. The van der Waals surface area contributed by atoms with Crippen molar-refractivity contribution in [3.05, 3.63) is 29.3 Å². The van der Waals surface area contributed by atoms with E-state index in [4.69, 9.17) is 16.9 Å². The lowest BCUT2D eigenvalue weighted by Crippen LogP contribution is -2.29. The molecular formula is C12H13ClN2. The molecule has 15 heavy (non-hydrogen) atoms. The second-order valence-corrected chi connectivity index (χ2v) is 4.32. The lowest BCUT2D eigenvalue weighted by atomic mass is 10.0. The van der Waals surface area contributed by atoms with Gasteiger partial charge < -0.3 is 4.90 Å². The van der Waals surface area contributed by atoms with Gasteiger partial charge in [-0.25, -0.2) is 0 Å². The van der Waals surface area contributed by atoms with Crippen LogP contribution in [0.15, 0.2) is 24.3 Å². The van der Waals surface area contributed by atoms with Crippen LogP contribution in [0.2, 0.25) is 5.02 Å². The average Bonchev–Trinajstić information content (AvgIpc) is 2.60. The predicted molar refractivity (Wildman–Crippen MR) is 62.0 cm³/mol. The van der Waals surface area contributed by atoms with E-state index in [2.05, 4.69) is 17.9 Å². The van der Waals surface area contributed by atoms with Crippen LogP contribution in [0, 0.1) is 17.2 Å². The fourth-order valence-corrected chi connectivity index (χ4v) is 2.38. The topological polar surface area (TPSA) is 27.0 Å². The summed E-state index contributed by atoms with van der Waals surface area (Å²) in [6.07, 6.45) is 0.933. The maximum atomic E-state index is 8.96. The van der Waals surface area contributed by atoms with Crippen molar-refractivity contribution in [2.24, 2.45) is 5.92 Å². The van der Waals surface area contributed by atoms with Crippen LogP contribution in [0.1, 0.15) is 13.3 Å².